The third-order valence-corrected chi connectivity index (χ3v) is 5.85. The smallest absolute Gasteiger partial charge is 0.186 e. The van der Waals surface area contributed by atoms with Gasteiger partial charge in [0.05, 0.1) is 6.04 Å². The number of aryl methyl sites for hydroxylation is 1. The van der Waals surface area contributed by atoms with Crippen LogP contribution in [0.5, 0.6) is 0 Å². The number of carbonyl (C=O) groups excluding carboxylic acids is 2. The number of hydrogen-bond acceptors (Lipinski definition) is 3. The van der Waals surface area contributed by atoms with Gasteiger partial charge in [0, 0.05) is 35.6 Å². The molecule has 0 aliphatic carbocycles. The van der Waals surface area contributed by atoms with E-state index >= 15 is 0 Å². The second kappa shape index (κ2) is 10.4. The molecule has 0 saturated carbocycles. The van der Waals surface area contributed by atoms with Gasteiger partial charge < -0.3 is 15.1 Å². The summed E-state index contributed by atoms with van der Waals surface area (Å²) < 4.78 is 13.2. The topological polar surface area (TPSA) is 62.0 Å². The first kappa shape index (κ1) is 22.6. The molecule has 0 radical (unpaired) electrons. The fourth-order valence-electron chi connectivity index (χ4n) is 4.03. The van der Waals surface area contributed by atoms with Crippen LogP contribution in [0, 0.1) is 5.82 Å². The molecule has 0 bridgehead atoms. The van der Waals surface area contributed by atoms with E-state index in [0.29, 0.717) is 31.4 Å². The minimum atomic E-state index is -0.497. The first-order chi connectivity index (χ1) is 16.0. The highest BCUT2D eigenvalue weighted by atomic mass is 19.1. The molecular weight excluding hydrogens is 415 g/mol. The summed E-state index contributed by atoms with van der Waals surface area (Å²) in [6.07, 6.45) is 3.64. The number of H-pyrrole nitrogens is 1. The van der Waals surface area contributed by atoms with Crippen LogP contribution >= 0.6 is 0 Å². The molecule has 0 spiro atoms. The average Bonchev–Trinajstić information content (AvgIpc) is 3.25. The molecule has 3 aromatic carbocycles. The largest absolute Gasteiger partial charge is 0.360 e. The third kappa shape index (κ3) is 5.62. The molecule has 1 aromatic heterocycles. The first-order valence-electron chi connectivity index (χ1n) is 11.2. The van der Waals surface area contributed by atoms with Gasteiger partial charge in [-0.1, -0.05) is 54.6 Å². The second-order valence-electron chi connectivity index (χ2n) is 8.32. The Balaban J connectivity index is 1.55. The SMILES string of the molecule is CC(=O)CCc1ccc2c(C(=O)C(NCCc3ccc(F)cc3)c3ccccc3)c[nH]c2c1. The van der Waals surface area contributed by atoms with Crippen LogP contribution in [-0.4, -0.2) is 23.1 Å². The Hall–Kier alpha value is -3.57. The van der Waals surface area contributed by atoms with Gasteiger partial charge in [0.1, 0.15) is 11.6 Å². The number of Topliss-reactive ketones (excluding diaryl/α,β-unsaturated/α-hetero) is 2. The predicted octanol–water partition coefficient (Wildman–Crippen LogP) is 5.58. The molecule has 1 atom stereocenters. The average molecular weight is 443 g/mol. The fraction of sp³-hybridized carbons (Fsp3) is 0.214. The highest BCUT2D eigenvalue weighted by Crippen LogP contribution is 2.26. The van der Waals surface area contributed by atoms with Crippen molar-refractivity contribution in [2.75, 3.05) is 6.54 Å². The van der Waals surface area contributed by atoms with Gasteiger partial charge in [-0.15, -0.1) is 0 Å². The van der Waals surface area contributed by atoms with E-state index in [4.69, 9.17) is 0 Å². The number of nitrogens with one attached hydrogen (secondary N) is 2. The minimum absolute atomic E-state index is 0.0111. The van der Waals surface area contributed by atoms with Crippen LogP contribution < -0.4 is 5.32 Å². The van der Waals surface area contributed by atoms with Gasteiger partial charge in [0.25, 0.3) is 0 Å². The lowest BCUT2D eigenvalue weighted by atomic mass is 9.96. The summed E-state index contributed by atoms with van der Waals surface area (Å²) in [5, 5.41) is 4.27. The van der Waals surface area contributed by atoms with Crippen molar-refractivity contribution in [2.45, 2.75) is 32.2 Å². The zero-order chi connectivity index (χ0) is 23.2. The summed E-state index contributed by atoms with van der Waals surface area (Å²) in [6.45, 7) is 2.17. The first-order valence-corrected chi connectivity index (χ1v) is 11.2. The van der Waals surface area contributed by atoms with Crippen molar-refractivity contribution >= 4 is 22.5 Å². The summed E-state index contributed by atoms with van der Waals surface area (Å²) in [5.41, 5.74) is 4.49. The number of carbonyl (C=O) groups is 2. The highest BCUT2D eigenvalue weighted by molar-refractivity contribution is 6.10. The van der Waals surface area contributed by atoms with Crippen molar-refractivity contribution in [2.24, 2.45) is 0 Å². The maximum Gasteiger partial charge on any atom is 0.186 e. The summed E-state index contributed by atoms with van der Waals surface area (Å²) >= 11 is 0. The molecule has 1 heterocycles. The van der Waals surface area contributed by atoms with Crippen LogP contribution in [0.25, 0.3) is 10.9 Å². The molecule has 4 aromatic rings. The van der Waals surface area contributed by atoms with Crippen LogP contribution in [-0.2, 0) is 17.6 Å². The summed E-state index contributed by atoms with van der Waals surface area (Å²) in [6, 6.07) is 21.5. The van der Waals surface area contributed by atoms with Crippen LogP contribution in [0.15, 0.2) is 79.0 Å². The van der Waals surface area contributed by atoms with Crippen molar-refractivity contribution < 1.29 is 14.0 Å². The van der Waals surface area contributed by atoms with E-state index in [2.05, 4.69) is 10.3 Å². The number of ketones is 2. The zero-order valence-corrected chi connectivity index (χ0v) is 18.6. The Kier molecular flexibility index (Phi) is 7.10. The van der Waals surface area contributed by atoms with Gasteiger partial charge in [-0.2, -0.15) is 0 Å². The van der Waals surface area contributed by atoms with Gasteiger partial charge in [0.2, 0.25) is 0 Å². The standard InChI is InChI=1S/C28H27FN2O2/c1-19(32)7-8-21-11-14-24-25(18-31-26(24)17-21)28(33)27(22-5-3-2-4-6-22)30-16-15-20-9-12-23(29)13-10-20/h2-6,9-14,17-18,27,30-31H,7-8,15-16H2,1H3. The van der Waals surface area contributed by atoms with Crippen LogP contribution in [0.1, 0.15) is 46.4 Å². The van der Waals surface area contributed by atoms with Crippen LogP contribution in [0.4, 0.5) is 4.39 Å². The van der Waals surface area contributed by atoms with E-state index in [0.717, 1.165) is 27.6 Å². The molecule has 0 saturated heterocycles. The van der Waals surface area contributed by atoms with Crippen molar-refractivity contribution in [1.29, 1.82) is 0 Å². The molecule has 4 rings (SSSR count). The van der Waals surface area contributed by atoms with Crippen molar-refractivity contribution in [3.05, 3.63) is 107 Å². The fourth-order valence-corrected chi connectivity index (χ4v) is 4.03. The summed E-state index contributed by atoms with van der Waals surface area (Å²) in [5.74, 6) is -0.106. The number of rotatable bonds is 10. The molecular formula is C28H27FN2O2. The van der Waals surface area contributed by atoms with Gasteiger partial charge in [-0.05, 0) is 54.7 Å². The maximum absolute atomic E-state index is 13.6. The maximum atomic E-state index is 13.6. The van der Waals surface area contributed by atoms with Crippen molar-refractivity contribution in [3.8, 4) is 0 Å². The molecule has 168 valence electrons. The summed E-state index contributed by atoms with van der Waals surface area (Å²) in [4.78, 5) is 28.2. The molecule has 5 heteroatoms. The Bertz CT molecular complexity index is 1250. The molecule has 33 heavy (non-hydrogen) atoms. The van der Waals surface area contributed by atoms with Crippen molar-refractivity contribution in [1.82, 2.24) is 10.3 Å². The lowest BCUT2D eigenvalue weighted by molar-refractivity contribution is -0.116. The van der Waals surface area contributed by atoms with Gasteiger partial charge in [0.15, 0.2) is 5.78 Å². The number of fused-ring (bicyclic) bond motifs is 1. The molecule has 0 aliphatic heterocycles. The predicted molar refractivity (Wildman–Crippen MR) is 129 cm³/mol. The Morgan fingerprint density at radius 2 is 1.67 bits per heavy atom. The van der Waals surface area contributed by atoms with Crippen LogP contribution in [0.3, 0.4) is 0 Å². The number of halogens is 1. The van der Waals surface area contributed by atoms with Crippen LogP contribution in [0.2, 0.25) is 0 Å². The number of benzene rings is 3. The van der Waals surface area contributed by atoms with E-state index in [9.17, 15) is 14.0 Å². The number of aromatic amines is 1. The minimum Gasteiger partial charge on any atom is -0.360 e. The van der Waals surface area contributed by atoms with Gasteiger partial charge >= 0.3 is 0 Å². The van der Waals surface area contributed by atoms with E-state index in [1.807, 2.05) is 48.5 Å². The zero-order valence-electron chi connectivity index (χ0n) is 18.6. The van der Waals surface area contributed by atoms with E-state index in [-0.39, 0.29) is 17.4 Å². The van der Waals surface area contributed by atoms with Gasteiger partial charge in [-0.25, -0.2) is 4.39 Å². The van der Waals surface area contributed by atoms with E-state index in [1.165, 1.54) is 12.1 Å². The highest BCUT2D eigenvalue weighted by Gasteiger charge is 2.24. The molecule has 0 fully saturated rings. The molecule has 4 nitrogen and oxygen atoms in total. The Morgan fingerprint density at radius 1 is 0.939 bits per heavy atom. The van der Waals surface area contributed by atoms with Crippen molar-refractivity contribution in [3.63, 3.8) is 0 Å². The quantitative estimate of drug-likeness (QED) is 0.315. The van der Waals surface area contributed by atoms with E-state index < -0.39 is 6.04 Å². The Morgan fingerprint density at radius 3 is 2.39 bits per heavy atom. The second-order valence-corrected chi connectivity index (χ2v) is 8.32. The number of aromatic nitrogens is 1. The van der Waals surface area contributed by atoms with Gasteiger partial charge in [-0.3, -0.25) is 4.79 Å². The Labute approximate surface area is 192 Å². The third-order valence-electron chi connectivity index (χ3n) is 5.85. The normalized spacial score (nSPS) is 12.1. The lowest BCUT2D eigenvalue weighted by Crippen LogP contribution is -2.30. The molecule has 1 unspecified atom stereocenters. The molecule has 0 amide bonds. The molecule has 0 aliphatic rings. The lowest BCUT2D eigenvalue weighted by Gasteiger charge is -2.18. The van der Waals surface area contributed by atoms with E-state index in [1.54, 1.807) is 25.3 Å². The monoisotopic (exact) mass is 442 g/mol. The number of hydrogen-bond donors (Lipinski definition) is 2. The summed E-state index contributed by atoms with van der Waals surface area (Å²) in [7, 11) is 0. The molecule has 2 N–H and O–H groups in total.